The van der Waals surface area contributed by atoms with E-state index in [2.05, 4.69) is 52.3 Å². The lowest BCUT2D eigenvalue weighted by molar-refractivity contribution is 0.108. The Labute approximate surface area is 128 Å². The fourth-order valence-corrected chi connectivity index (χ4v) is 4.41. The summed E-state index contributed by atoms with van der Waals surface area (Å²) in [7, 11) is 0. The highest BCUT2D eigenvalue weighted by Gasteiger charge is 2.36. The highest BCUT2D eigenvalue weighted by Crippen LogP contribution is 2.43. The standard InChI is InChI=1S/C19H26N2/c1-2-4-16(5-3-1)14-20-8-10-21(11-9-20)15-19-13-17-6-7-18(19)12-17/h1-7,17-19H,8-15H2/t17-,18+,19+/m1/s1. The first-order chi connectivity index (χ1) is 10.4. The maximum absolute atomic E-state index is 2.71. The zero-order valence-corrected chi connectivity index (χ0v) is 12.8. The lowest BCUT2D eigenvalue weighted by Crippen LogP contribution is -2.47. The van der Waals surface area contributed by atoms with Crippen LogP contribution >= 0.6 is 0 Å². The second-order valence-electron chi connectivity index (χ2n) is 7.10. The van der Waals surface area contributed by atoms with Crippen LogP contribution in [0.4, 0.5) is 0 Å². The summed E-state index contributed by atoms with van der Waals surface area (Å²) in [6.45, 7) is 7.42. The van der Waals surface area contributed by atoms with Gasteiger partial charge in [-0.25, -0.2) is 0 Å². The fourth-order valence-electron chi connectivity index (χ4n) is 4.41. The molecule has 2 heteroatoms. The number of rotatable bonds is 4. The Bertz CT molecular complexity index is 488. The molecule has 4 rings (SSSR count). The topological polar surface area (TPSA) is 6.48 Å². The van der Waals surface area contributed by atoms with Crippen LogP contribution in [0.1, 0.15) is 18.4 Å². The van der Waals surface area contributed by atoms with E-state index in [1.54, 1.807) is 0 Å². The van der Waals surface area contributed by atoms with Gasteiger partial charge in [-0.2, -0.15) is 0 Å². The Kier molecular flexibility index (Phi) is 3.83. The van der Waals surface area contributed by atoms with Crippen molar-refractivity contribution < 1.29 is 0 Å². The van der Waals surface area contributed by atoms with Crippen molar-refractivity contribution in [2.45, 2.75) is 19.4 Å². The van der Waals surface area contributed by atoms with Crippen molar-refractivity contribution in [3.8, 4) is 0 Å². The fraction of sp³-hybridized carbons (Fsp3) is 0.579. The molecule has 2 bridgehead atoms. The monoisotopic (exact) mass is 282 g/mol. The van der Waals surface area contributed by atoms with Crippen LogP contribution in [0, 0.1) is 17.8 Å². The molecule has 1 aromatic carbocycles. The van der Waals surface area contributed by atoms with Gasteiger partial charge in [0.1, 0.15) is 0 Å². The first-order valence-corrected chi connectivity index (χ1v) is 8.54. The summed E-state index contributed by atoms with van der Waals surface area (Å²) in [5, 5.41) is 0. The minimum absolute atomic E-state index is 0.900. The van der Waals surface area contributed by atoms with Crippen LogP contribution in [0.25, 0.3) is 0 Å². The van der Waals surface area contributed by atoms with Gasteiger partial charge in [0.2, 0.25) is 0 Å². The number of benzene rings is 1. The maximum Gasteiger partial charge on any atom is 0.0234 e. The molecule has 2 fully saturated rings. The number of nitrogens with zero attached hydrogens (tertiary/aromatic N) is 2. The number of hydrogen-bond acceptors (Lipinski definition) is 2. The zero-order valence-electron chi connectivity index (χ0n) is 12.8. The minimum atomic E-state index is 0.900. The van der Waals surface area contributed by atoms with E-state index in [1.165, 1.54) is 51.1 Å². The van der Waals surface area contributed by atoms with E-state index < -0.39 is 0 Å². The second kappa shape index (κ2) is 5.94. The van der Waals surface area contributed by atoms with Crippen LogP contribution in [-0.4, -0.2) is 42.5 Å². The van der Waals surface area contributed by atoms with Gasteiger partial charge in [-0.05, 0) is 36.2 Å². The van der Waals surface area contributed by atoms with Gasteiger partial charge in [0.05, 0.1) is 0 Å². The van der Waals surface area contributed by atoms with Crippen LogP contribution in [0.2, 0.25) is 0 Å². The van der Waals surface area contributed by atoms with Crippen LogP contribution in [-0.2, 0) is 6.54 Å². The van der Waals surface area contributed by atoms with Gasteiger partial charge in [-0.3, -0.25) is 4.90 Å². The third-order valence-corrected chi connectivity index (χ3v) is 5.62. The van der Waals surface area contributed by atoms with E-state index in [-0.39, 0.29) is 0 Å². The smallest absolute Gasteiger partial charge is 0.0234 e. The van der Waals surface area contributed by atoms with Crippen LogP contribution in [0.15, 0.2) is 42.5 Å². The van der Waals surface area contributed by atoms with Crippen LogP contribution < -0.4 is 0 Å². The van der Waals surface area contributed by atoms with Crippen molar-refractivity contribution in [1.82, 2.24) is 9.80 Å². The van der Waals surface area contributed by atoms with Gasteiger partial charge in [0, 0.05) is 39.3 Å². The van der Waals surface area contributed by atoms with Gasteiger partial charge in [-0.15, -0.1) is 0 Å². The van der Waals surface area contributed by atoms with Crippen molar-refractivity contribution in [2.24, 2.45) is 17.8 Å². The Balaban J connectivity index is 1.24. The van der Waals surface area contributed by atoms with E-state index in [0.717, 1.165) is 24.3 Å². The summed E-state index contributed by atoms with van der Waals surface area (Å²) in [6, 6.07) is 10.9. The molecule has 112 valence electrons. The number of fused-ring (bicyclic) bond motifs is 2. The van der Waals surface area contributed by atoms with E-state index in [4.69, 9.17) is 0 Å². The van der Waals surface area contributed by atoms with Crippen LogP contribution in [0.5, 0.6) is 0 Å². The predicted octanol–water partition coefficient (Wildman–Crippen LogP) is 3.02. The largest absolute Gasteiger partial charge is 0.300 e. The summed E-state index contributed by atoms with van der Waals surface area (Å²) in [6.07, 6.45) is 7.84. The molecule has 3 aliphatic rings. The van der Waals surface area contributed by atoms with Crippen molar-refractivity contribution in [2.75, 3.05) is 32.7 Å². The Morgan fingerprint density at radius 3 is 2.29 bits per heavy atom. The highest BCUT2D eigenvalue weighted by atomic mass is 15.3. The molecule has 0 amide bonds. The number of hydrogen-bond donors (Lipinski definition) is 0. The second-order valence-corrected chi connectivity index (χ2v) is 7.10. The molecule has 0 aromatic heterocycles. The molecule has 21 heavy (non-hydrogen) atoms. The normalized spacial score (nSPS) is 32.9. The molecule has 0 N–H and O–H groups in total. The van der Waals surface area contributed by atoms with Gasteiger partial charge in [0.25, 0.3) is 0 Å². The molecule has 0 unspecified atom stereocenters. The maximum atomic E-state index is 2.71. The summed E-state index contributed by atoms with van der Waals surface area (Å²) in [5.41, 5.74) is 1.45. The molecule has 1 saturated heterocycles. The van der Waals surface area contributed by atoms with E-state index in [0.29, 0.717) is 0 Å². The molecule has 3 atom stereocenters. The first kappa shape index (κ1) is 13.5. The van der Waals surface area contributed by atoms with Crippen LogP contribution in [0.3, 0.4) is 0 Å². The SMILES string of the molecule is C1=C[C@H]2C[C@@H]1C[C@H]2CN1CCN(Cc2ccccc2)CC1. The summed E-state index contributed by atoms with van der Waals surface area (Å²) < 4.78 is 0. The summed E-state index contributed by atoms with van der Waals surface area (Å²) in [4.78, 5) is 5.31. The summed E-state index contributed by atoms with van der Waals surface area (Å²) in [5.74, 6) is 2.76. The van der Waals surface area contributed by atoms with Crippen molar-refractivity contribution in [3.05, 3.63) is 48.0 Å². The zero-order chi connectivity index (χ0) is 14.1. The van der Waals surface area contributed by atoms with E-state index in [1.807, 2.05) is 0 Å². The molecular weight excluding hydrogens is 256 g/mol. The lowest BCUT2D eigenvalue weighted by atomic mass is 9.93. The third kappa shape index (κ3) is 3.07. The van der Waals surface area contributed by atoms with Gasteiger partial charge >= 0.3 is 0 Å². The van der Waals surface area contributed by atoms with E-state index in [9.17, 15) is 0 Å². The van der Waals surface area contributed by atoms with Gasteiger partial charge in [0.15, 0.2) is 0 Å². The first-order valence-electron chi connectivity index (χ1n) is 8.54. The van der Waals surface area contributed by atoms with E-state index >= 15 is 0 Å². The predicted molar refractivity (Wildman–Crippen MR) is 87.0 cm³/mol. The minimum Gasteiger partial charge on any atom is -0.300 e. The van der Waals surface area contributed by atoms with Crippen molar-refractivity contribution in [1.29, 1.82) is 0 Å². The third-order valence-electron chi connectivity index (χ3n) is 5.62. The van der Waals surface area contributed by atoms with Crippen molar-refractivity contribution in [3.63, 3.8) is 0 Å². The lowest BCUT2D eigenvalue weighted by Gasteiger charge is -2.37. The molecule has 1 saturated carbocycles. The highest BCUT2D eigenvalue weighted by molar-refractivity contribution is 5.14. The molecule has 0 spiro atoms. The molecule has 1 heterocycles. The molecule has 0 radical (unpaired) electrons. The Morgan fingerprint density at radius 2 is 1.62 bits per heavy atom. The Hall–Kier alpha value is -1.12. The number of allylic oxidation sites excluding steroid dienone is 2. The van der Waals surface area contributed by atoms with Gasteiger partial charge < -0.3 is 4.90 Å². The van der Waals surface area contributed by atoms with Gasteiger partial charge in [-0.1, -0.05) is 42.5 Å². The molecule has 1 aliphatic heterocycles. The number of piperazine rings is 1. The molecule has 2 nitrogen and oxygen atoms in total. The average molecular weight is 282 g/mol. The quantitative estimate of drug-likeness (QED) is 0.783. The average Bonchev–Trinajstić information content (AvgIpc) is 3.13. The molecular formula is C19H26N2. The Morgan fingerprint density at radius 1 is 0.857 bits per heavy atom. The molecule has 2 aliphatic carbocycles. The summed E-state index contributed by atoms with van der Waals surface area (Å²) >= 11 is 0. The van der Waals surface area contributed by atoms with Crippen molar-refractivity contribution >= 4 is 0 Å². The molecule has 1 aromatic rings.